The van der Waals surface area contributed by atoms with E-state index < -0.39 is 11.8 Å². The van der Waals surface area contributed by atoms with Crippen LogP contribution in [0.3, 0.4) is 0 Å². The molecule has 0 fully saturated rings. The zero-order chi connectivity index (χ0) is 17.4. The topological polar surface area (TPSA) is 97.5 Å². The van der Waals surface area contributed by atoms with Gasteiger partial charge < -0.3 is 5.73 Å². The van der Waals surface area contributed by atoms with E-state index in [0.29, 0.717) is 13.0 Å². The highest BCUT2D eigenvalue weighted by Gasteiger charge is 2.24. The van der Waals surface area contributed by atoms with Crippen LogP contribution in [0.5, 0.6) is 0 Å². The fourth-order valence-electron chi connectivity index (χ4n) is 2.35. The van der Waals surface area contributed by atoms with E-state index in [0.717, 1.165) is 25.7 Å². The molecule has 1 heterocycles. The summed E-state index contributed by atoms with van der Waals surface area (Å²) < 4.78 is 0. The highest BCUT2D eigenvalue weighted by molar-refractivity contribution is 6.39. The number of imide groups is 1. The molecule has 0 aromatic heterocycles. The summed E-state index contributed by atoms with van der Waals surface area (Å²) >= 11 is 0. The number of rotatable bonds is 11. The molecule has 0 unspecified atom stereocenters. The second kappa shape index (κ2) is 9.35. The Kier molecular flexibility index (Phi) is 7.81. The zero-order valence-corrected chi connectivity index (χ0v) is 13.9. The van der Waals surface area contributed by atoms with Gasteiger partial charge in [0.15, 0.2) is 5.78 Å². The molecule has 0 aliphatic carbocycles. The van der Waals surface area contributed by atoms with Crippen molar-refractivity contribution in [2.24, 2.45) is 11.7 Å². The number of amides is 2. The van der Waals surface area contributed by atoms with Gasteiger partial charge in [-0.25, -0.2) is 0 Å². The third-order valence-corrected chi connectivity index (χ3v) is 3.98. The van der Waals surface area contributed by atoms with Gasteiger partial charge in [0.2, 0.25) is 5.78 Å². The monoisotopic (exact) mass is 322 g/mol. The van der Waals surface area contributed by atoms with Gasteiger partial charge in [-0.15, -0.1) is 0 Å². The molecule has 0 radical (unpaired) electrons. The van der Waals surface area contributed by atoms with Crippen molar-refractivity contribution < 1.29 is 19.2 Å². The Labute approximate surface area is 137 Å². The molecule has 0 spiro atoms. The van der Waals surface area contributed by atoms with Crippen LogP contribution in [0.1, 0.15) is 52.4 Å². The second-order valence-electron chi connectivity index (χ2n) is 6.24. The number of nitrogens with two attached hydrogens (primary N) is 1. The molecule has 128 valence electrons. The number of unbranched alkanes of at least 4 members (excludes halogenated alkanes) is 4. The van der Waals surface area contributed by atoms with E-state index in [9.17, 15) is 19.2 Å². The van der Waals surface area contributed by atoms with E-state index in [4.69, 9.17) is 5.73 Å². The predicted octanol–water partition coefficient (Wildman–Crippen LogP) is 1.37. The molecule has 1 atom stereocenters. The van der Waals surface area contributed by atoms with Gasteiger partial charge in [-0.1, -0.05) is 33.1 Å². The zero-order valence-electron chi connectivity index (χ0n) is 13.9. The molecule has 1 aliphatic heterocycles. The maximum absolute atomic E-state index is 11.7. The van der Waals surface area contributed by atoms with E-state index in [1.165, 1.54) is 17.1 Å². The molecule has 0 bridgehead atoms. The second-order valence-corrected chi connectivity index (χ2v) is 6.24. The summed E-state index contributed by atoms with van der Waals surface area (Å²) in [6.45, 7) is 4.08. The van der Waals surface area contributed by atoms with Crippen LogP contribution in [0.15, 0.2) is 12.2 Å². The van der Waals surface area contributed by atoms with Crippen molar-refractivity contribution in [2.45, 2.75) is 58.4 Å². The summed E-state index contributed by atoms with van der Waals surface area (Å²) in [5, 5.41) is 0. The lowest BCUT2D eigenvalue weighted by Gasteiger charge is -2.13. The van der Waals surface area contributed by atoms with E-state index in [-0.39, 0.29) is 29.9 Å². The first kappa shape index (κ1) is 19.2. The highest BCUT2D eigenvalue weighted by Crippen LogP contribution is 2.10. The van der Waals surface area contributed by atoms with Gasteiger partial charge in [-0.2, -0.15) is 0 Å². The van der Waals surface area contributed by atoms with Crippen molar-refractivity contribution in [3.05, 3.63) is 12.2 Å². The Balaban J connectivity index is 2.07. The van der Waals surface area contributed by atoms with Crippen LogP contribution in [0.2, 0.25) is 0 Å². The summed E-state index contributed by atoms with van der Waals surface area (Å²) in [5.74, 6) is -1.39. The number of ketones is 2. The van der Waals surface area contributed by atoms with Crippen LogP contribution >= 0.6 is 0 Å². The quantitative estimate of drug-likeness (QED) is 0.352. The SMILES string of the molecule is CC(C)[C@H](N)C(=O)C(=O)CCCCCCCN1C(=O)C=CC1=O. The number of hydrogen-bond acceptors (Lipinski definition) is 5. The molecule has 23 heavy (non-hydrogen) atoms. The predicted molar refractivity (Wildman–Crippen MR) is 86.4 cm³/mol. The number of carbonyl (C=O) groups is 4. The molecule has 2 N–H and O–H groups in total. The minimum atomic E-state index is -0.702. The minimum absolute atomic E-state index is 0.0306. The molecular weight excluding hydrogens is 296 g/mol. The van der Waals surface area contributed by atoms with Crippen LogP contribution in [-0.4, -0.2) is 40.9 Å². The van der Waals surface area contributed by atoms with E-state index >= 15 is 0 Å². The average molecular weight is 322 g/mol. The third-order valence-electron chi connectivity index (χ3n) is 3.98. The lowest BCUT2D eigenvalue weighted by Crippen LogP contribution is -2.40. The summed E-state index contributed by atoms with van der Waals surface area (Å²) in [4.78, 5) is 47.3. The van der Waals surface area contributed by atoms with Crippen LogP contribution in [-0.2, 0) is 19.2 Å². The Morgan fingerprint density at radius 1 is 1.00 bits per heavy atom. The van der Waals surface area contributed by atoms with Crippen molar-refractivity contribution in [1.29, 1.82) is 0 Å². The van der Waals surface area contributed by atoms with Gasteiger partial charge in [-0.05, 0) is 18.8 Å². The molecular formula is C17H26N2O4. The molecule has 0 saturated carbocycles. The first-order valence-corrected chi connectivity index (χ1v) is 8.20. The van der Waals surface area contributed by atoms with Gasteiger partial charge in [-0.3, -0.25) is 24.1 Å². The van der Waals surface area contributed by atoms with Gasteiger partial charge in [0.25, 0.3) is 11.8 Å². The molecule has 6 heteroatoms. The lowest BCUT2D eigenvalue weighted by atomic mass is 9.96. The van der Waals surface area contributed by atoms with Crippen LogP contribution < -0.4 is 5.73 Å². The molecule has 1 aliphatic rings. The van der Waals surface area contributed by atoms with Crippen molar-refractivity contribution in [2.75, 3.05) is 6.54 Å². The molecule has 6 nitrogen and oxygen atoms in total. The first-order valence-electron chi connectivity index (χ1n) is 8.20. The normalized spacial score (nSPS) is 15.6. The van der Waals surface area contributed by atoms with Gasteiger partial charge in [0.1, 0.15) is 0 Å². The Bertz CT molecular complexity index is 479. The molecule has 0 aromatic carbocycles. The Hall–Kier alpha value is -1.82. The van der Waals surface area contributed by atoms with E-state index in [1.54, 1.807) is 0 Å². The van der Waals surface area contributed by atoms with E-state index in [2.05, 4.69) is 0 Å². The number of carbonyl (C=O) groups excluding carboxylic acids is 4. The largest absolute Gasteiger partial charge is 0.321 e. The summed E-state index contributed by atoms with van der Waals surface area (Å²) in [7, 11) is 0. The van der Waals surface area contributed by atoms with Crippen LogP contribution in [0.25, 0.3) is 0 Å². The van der Waals surface area contributed by atoms with Gasteiger partial charge in [0, 0.05) is 25.1 Å². The maximum atomic E-state index is 11.7. The van der Waals surface area contributed by atoms with E-state index in [1.807, 2.05) is 13.8 Å². The number of hydrogen-bond donors (Lipinski definition) is 1. The van der Waals surface area contributed by atoms with Crippen LogP contribution in [0.4, 0.5) is 0 Å². The molecule has 1 rings (SSSR count). The fourth-order valence-corrected chi connectivity index (χ4v) is 2.35. The van der Waals surface area contributed by atoms with Crippen LogP contribution in [0, 0.1) is 5.92 Å². The summed E-state index contributed by atoms with van der Waals surface area (Å²) in [5.41, 5.74) is 5.68. The summed E-state index contributed by atoms with van der Waals surface area (Å²) in [6.07, 6.45) is 6.86. The molecule has 2 amide bonds. The Morgan fingerprint density at radius 3 is 2.09 bits per heavy atom. The molecule has 0 aromatic rings. The third kappa shape index (κ3) is 6.06. The van der Waals surface area contributed by atoms with Crippen molar-refractivity contribution in [3.8, 4) is 0 Å². The number of nitrogens with zero attached hydrogens (tertiary/aromatic N) is 1. The minimum Gasteiger partial charge on any atom is -0.321 e. The first-order chi connectivity index (χ1) is 10.8. The van der Waals surface area contributed by atoms with Crippen molar-refractivity contribution >= 4 is 23.4 Å². The van der Waals surface area contributed by atoms with Gasteiger partial charge in [0.05, 0.1) is 6.04 Å². The average Bonchev–Trinajstić information content (AvgIpc) is 2.83. The fraction of sp³-hybridized carbons (Fsp3) is 0.647. The van der Waals surface area contributed by atoms with Gasteiger partial charge >= 0.3 is 0 Å². The number of Topliss-reactive ketones (excluding diaryl/α,β-unsaturated/α-hetero) is 2. The standard InChI is InChI=1S/C17H26N2O4/c1-12(2)16(18)17(23)13(20)8-6-4-3-5-7-11-19-14(21)9-10-15(19)22/h9-10,12,16H,3-8,11,18H2,1-2H3/t16-/m0/s1. The van der Waals surface area contributed by atoms with Crippen molar-refractivity contribution in [1.82, 2.24) is 4.90 Å². The lowest BCUT2D eigenvalue weighted by molar-refractivity contribution is -0.137. The summed E-state index contributed by atoms with van der Waals surface area (Å²) in [6, 6.07) is -0.702. The maximum Gasteiger partial charge on any atom is 0.253 e. The molecule has 0 saturated heterocycles. The smallest absolute Gasteiger partial charge is 0.253 e. The highest BCUT2D eigenvalue weighted by atomic mass is 16.2. The van der Waals surface area contributed by atoms with Crippen molar-refractivity contribution in [3.63, 3.8) is 0 Å². The Morgan fingerprint density at radius 2 is 1.52 bits per heavy atom.